The average molecular weight is 292 g/mol. The maximum Gasteiger partial charge on any atom is 0.0804 e. The minimum absolute atomic E-state index is 0.0212. The summed E-state index contributed by atoms with van der Waals surface area (Å²) in [5, 5.41) is 8.58. The number of unbranched alkanes of at least 4 members (excludes halogenated alkanes) is 2. The molecule has 0 aliphatic rings. The van der Waals surface area contributed by atoms with Gasteiger partial charge in [0.2, 0.25) is 0 Å². The molecule has 2 unspecified atom stereocenters. The van der Waals surface area contributed by atoms with Crippen LogP contribution in [-0.4, -0.2) is 64.1 Å². The van der Waals surface area contributed by atoms with Gasteiger partial charge in [-0.3, -0.25) is 0 Å². The number of aliphatic hydroxyl groups is 1. The summed E-state index contributed by atoms with van der Waals surface area (Å²) in [6.07, 6.45) is 4.92. The van der Waals surface area contributed by atoms with Crippen LogP contribution in [-0.2, 0) is 18.9 Å². The SMILES string of the molecule is CCCCCC(COCCOC(C)COCCO)OC. The van der Waals surface area contributed by atoms with Crippen LogP contribution in [0, 0.1) is 0 Å². The zero-order chi connectivity index (χ0) is 15.1. The molecular formula is C15H32O5. The summed E-state index contributed by atoms with van der Waals surface area (Å²) in [7, 11) is 1.73. The third-order valence-corrected chi connectivity index (χ3v) is 2.98. The van der Waals surface area contributed by atoms with E-state index < -0.39 is 0 Å². The Morgan fingerprint density at radius 2 is 1.75 bits per heavy atom. The molecule has 0 rings (SSSR count). The van der Waals surface area contributed by atoms with Crippen LogP contribution in [0.4, 0.5) is 0 Å². The molecule has 0 saturated carbocycles. The molecule has 0 radical (unpaired) electrons. The third-order valence-electron chi connectivity index (χ3n) is 2.98. The second-order valence-corrected chi connectivity index (χ2v) is 4.91. The molecule has 0 aromatic carbocycles. The second kappa shape index (κ2) is 15.2. The van der Waals surface area contributed by atoms with Crippen molar-refractivity contribution in [3.8, 4) is 0 Å². The maximum absolute atomic E-state index is 8.58. The zero-order valence-corrected chi connectivity index (χ0v) is 13.3. The van der Waals surface area contributed by atoms with Crippen molar-refractivity contribution in [2.45, 2.75) is 51.7 Å². The Labute approximate surface area is 123 Å². The van der Waals surface area contributed by atoms with E-state index in [1.807, 2.05) is 6.92 Å². The van der Waals surface area contributed by atoms with E-state index in [4.69, 9.17) is 24.1 Å². The molecule has 20 heavy (non-hydrogen) atoms. The van der Waals surface area contributed by atoms with E-state index >= 15 is 0 Å². The normalized spacial score (nSPS) is 14.4. The van der Waals surface area contributed by atoms with E-state index in [1.54, 1.807) is 7.11 Å². The molecule has 0 spiro atoms. The van der Waals surface area contributed by atoms with Gasteiger partial charge in [0.1, 0.15) is 0 Å². The van der Waals surface area contributed by atoms with Gasteiger partial charge in [-0.25, -0.2) is 0 Å². The van der Waals surface area contributed by atoms with Gasteiger partial charge >= 0.3 is 0 Å². The van der Waals surface area contributed by atoms with Gasteiger partial charge in [-0.15, -0.1) is 0 Å². The molecular weight excluding hydrogens is 260 g/mol. The van der Waals surface area contributed by atoms with Crippen molar-refractivity contribution in [1.82, 2.24) is 0 Å². The number of hydrogen-bond acceptors (Lipinski definition) is 5. The molecule has 0 aliphatic carbocycles. The monoisotopic (exact) mass is 292 g/mol. The highest BCUT2D eigenvalue weighted by molar-refractivity contribution is 4.56. The highest BCUT2D eigenvalue weighted by Gasteiger charge is 2.07. The van der Waals surface area contributed by atoms with Crippen LogP contribution in [0.15, 0.2) is 0 Å². The smallest absolute Gasteiger partial charge is 0.0804 e. The van der Waals surface area contributed by atoms with Crippen molar-refractivity contribution in [3.63, 3.8) is 0 Å². The van der Waals surface area contributed by atoms with Gasteiger partial charge < -0.3 is 24.1 Å². The molecule has 0 saturated heterocycles. The van der Waals surface area contributed by atoms with Crippen molar-refractivity contribution in [3.05, 3.63) is 0 Å². The predicted molar refractivity (Wildman–Crippen MR) is 79.1 cm³/mol. The molecule has 0 amide bonds. The first-order valence-electron chi connectivity index (χ1n) is 7.65. The molecule has 5 heteroatoms. The molecule has 122 valence electrons. The highest BCUT2D eigenvalue weighted by atomic mass is 16.6. The number of rotatable bonds is 15. The van der Waals surface area contributed by atoms with Crippen molar-refractivity contribution in [2.75, 3.05) is 46.8 Å². The van der Waals surface area contributed by atoms with Crippen LogP contribution in [0.25, 0.3) is 0 Å². The summed E-state index contributed by atoms with van der Waals surface area (Å²) < 4.78 is 21.6. The Morgan fingerprint density at radius 1 is 1.00 bits per heavy atom. The number of ether oxygens (including phenoxy) is 4. The molecule has 0 aromatic rings. The first-order valence-corrected chi connectivity index (χ1v) is 7.65. The topological polar surface area (TPSA) is 57.2 Å². The van der Waals surface area contributed by atoms with Gasteiger partial charge in [0.05, 0.1) is 51.8 Å². The van der Waals surface area contributed by atoms with Crippen molar-refractivity contribution < 1.29 is 24.1 Å². The lowest BCUT2D eigenvalue weighted by Crippen LogP contribution is -2.22. The van der Waals surface area contributed by atoms with E-state index in [9.17, 15) is 0 Å². The van der Waals surface area contributed by atoms with E-state index in [-0.39, 0.29) is 18.8 Å². The van der Waals surface area contributed by atoms with Gasteiger partial charge in [0.25, 0.3) is 0 Å². The fourth-order valence-electron chi connectivity index (χ4n) is 1.78. The first-order chi connectivity index (χ1) is 9.74. The lowest BCUT2D eigenvalue weighted by atomic mass is 10.1. The fourth-order valence-corrected chi connectivity index (χ4v) is 1.78. The van der Waals surface area contributed by atoms with Gasteiger partial charge in [-0.05, 0) is 13.3 Å². The zero-order valence-electron chi connectivity index (χ0n) is 13.3. The van der Waals surface area contributed by atoms with E-state index in [0.29, 0.717) is 33.0 Å². The maximum atomic E-state index is 8.58. The Morgan fingerprint density at radius 3 is 2.40 bits per heavy atom. The summed E-state index contributed by atoms with van der Waals surface area (Å²) in [6.45, 7) is 6.79. The Balaban J connectivity index is 3.39. The first kappa shape index (κ1) is 19.8. The quantitative estimate of drug-likeness (QED) is 0.468. The van der Waals surface area contributed by atoms with E-state index in [1.165, 1.54) is 19.3 Å². The Bertz CT molecular complexity index is 189. The van der Waals surface area contributed by atoms with Crippen molar-refractivity contribution >= 4 is 0 Å². The molecule has 0 aliphatic heterocycles. The third kappa shape index (κ3) is 12.8. The van der Waals surface area contributed by atoms with E-state index in [2.05, 4.69) is 6.92 Å². The Hall–Kier alpha value is -0.200. The Kier molecular flexibility index (Phi) is 15.0. The molecule has 0 aromatic heterocycles. The van der Waals surface area contributed by atoms with Crippen LogP contribution >= 0.6 is 0 Å². The van der Waals surface area contributed by atoms with Crippen LogP contribution < -0.4 is 0 Å². The van der Waals surface area contributed by atoms with Crippen molar-refractivity contribution in [2.24, 2.45) is 0 Å². The largest absolute Gasteiger partial charge is 0.394 e. The number of aliphatic hydroxyl groups excluding tert-OH is 1. The minimum Gasteiger partial charge on any atom is -0.394 e. The minimum atomic E-state index is 0.0212. The summed E-state index contributed by atoms with van der Waals surface area (Å²) in [5.74, 6) is 0. The summed E-state index contributed by atoms with van der Waals surface area (Å²) in [6, 6.07) is 0. The summed E-state index contributed by atoms with van der Waals surface area (Å²) in [5.41, 5.74) is 0. The van der Waals surface area contributed by atoms with Gasteiger partial charge in [0.15, 0.2) is 0 Å². The van der Waals surface area contributed by atoms with E-state index in [0.717, 1.165) is 6.42 Å². The number of hydrogen-bond donors (Lipinski definition) is 1. The fraction of sp³-hybridized carbons (Fsp3) is 1.00. The molecule has 1 N–H and O–H groups in total. The molecule has 0 heterocycles. The standard InChI is InChI=1S/C15H32O5/c1-4-5-6-7-15(17-3)13-19-10-11-20-14(2)12-18-9-8-16/h14-16H,4-13H2,1-3H3. The molecule has 0 bridgehead atoms. The van der Waals surface area contributed by atoms with Gasteiger partial charge in [-0.2, -0.15) is 0 Å². The highest BCUT2D eigenvalue weighted by Crippen LogP contribution is 2.06. The second-order valence-electron chi connectivity index (χ2n) is 4.91. The van der Waals surface area contributed by atoms with Gasteiger partial charge in [0, 0.05) is 7.11 Å². The van der Waals surface area contributed by atoms with Crippen LogP contribution in [0.1, 0.15) is 39.5 Å². The molecule has 2 atom stereocenters. The van der Waals surface area contributed by atoms with Crippen LogP contribution in [0.5, 0.6) is 0 Å². The van der Waals surface area contributed by atoms with Crippen LogP contribution in [0.3, 0.4) is 0 Å². The lowest BCUT2D eigenvalue weighted by molar-refractivity contribution is -0.0503. The molecule has 5 nitrogen and oxygen atoms in total. The predicted octanol–water partition coefficient (Wildman–Crippen LogP) is 2.01. The number of methoxy groups -OCH3 is 1. The summed E-state index contributed by atoms with van der Waals surface area (Å²) in [4.78, 5) is 0. The van der Waals surface area contributed by atoms with Gasteiger partial charge in [-0.1, -0.05) is 26.2 Å². The summed E-state index contributed by atoms with van der Waals surface area (Å²) >= 11 is 0. The molecule has 0 fully saturated rings. The van der Waals surface area contributed by atoms with Crippen molar-refractivity contribution in [1.29, 1.82) is 0 Å². The lowest BCUT2D eigenvalue weighted by Gasteiger charge is -2.16. The average Bonchev–Trinajstić information content (AvgIpc) is 2.45. The van der Waals surface area contributed by atoms with Crippen LogP contribution in [0.2, 0.25) is 0 Å².